The van der Waals surface area contributed by atoms with Gasteiger partial charge < -0.3 is 15.8 Å². The van der Waals surface area contributed by atoms with Gasteiger partial charge >= 0.3 is 0 Å². The Kier molecular flexibility index (Phi) is 4.15. The van der Waals surface area contributed by atoms with Gasteiger partial charge in [-0.25, -0.2) is 8.78 Å². The minimum Gasteiger partial charge on any atom is -0.376 e. The van der Waals surface area contributed by atoms with Crippen LogP contribution in [0.15, 0.2) is 12.1 Å². The summed E-state index contributed by atoms with van der Waals surface area (Å²) in [6.07, 6.45) is 0.299. The van der Waals surface area contributed by atoms with Gasteiger partial charge in [0.1, 0.15) is 0 Å². The second kappa shape index (κ2) is 5.68. The van der Waals surface area contributed by atoms with Gasteiger partial charge in [-0.1, -0.05) is 0 Å². The van der Waals surface area contributed by atoms with Gasteiger partial charge in [0.05, 0.1) is 17.1 Å². The smallest absolute Gasteiger partial charge is 0.295 e. The molecule has 0 saturated heterocycles. The highest BCUT2D eigenvalue weighted by Gasteiger charge is 2.41. The molecule has 0 amide bonds. The Hall–Kier alpha value is -1.80. The molecule has 3 N–H and O–H groups in total. The van der Waals surface area contributed by atoms with Crippen LogP contribution in [0.2, 0.25) is 0 Å². The molecule has 0 heterocycles. The van der Waals surface area contributed by atoms with E-state index in [1.165, 1.54) is 0 Å². The van der Waals surface area contributed by atoms with Crippen molar-refractivity contribution in [1.82, 2.24) is 0 Å². The van der Waals surface area contributed by atoms with Gasteiger partial charge in [-0.15, -0.1) is 0 Å². The van der Waals surface area contributed by atoms with E-state index >= 15 is 0 Å². The van der Waals surface area contributed by atoms with Crippen LogP contribution in [0.4, 0.5) is 20.2 Å². The molecule has 0 radical (unpaired) electrons. The van der Waals surface area contributed by atoms with Crippen LogP contribution in [0, 0.1) is 21.7 Å². The van der Waals surface area contributed by atoms with Crippen LogP contribution in [0.1, 0.15) is 13.3 Å². The standard InChI is InChI=1S/C12H15F2N3O3/c1-2-20-9-5-7(15)11(9)16-12-8(17(18)19)4-3-6(13)10(12)14/h3-4,7,9,11,16H,2,5,15H2,1H3. The van der Waals surface area contributed by atoms with E-state index < -0.39 is 34.0 Å². The molecular formula is C12H15F2N3O3. The molecule has 1 aromatic rings. The molecule has 0 aliphatic heterocycles. The number of anilines is 1. The van der Waals surface area contributed by atoms with E-state index in [0.29, 0.717) is 13.0 Å². The first-order valence-electron chi connectivity index (χ1n) is 6.21. The first-order valence-corrected chi connectivity index (χ1v) is 6.21. The molecule has 0 bridgehead atoms. The predicted octanol–water partition coefficient (Wildman–Crippen LogP) is 1.79. The Morgan fingerprint density at radius 3 is 2.80 bits per heavy atom. The van der Waals surface area contributed by atoms with E-state index in [-0.39, 0.29) is 12.1 Å². The molecule has 0 spiro atoms. The van der Waals surface area contributed by atoms with Crippen LogP contribution in [-0.2, 0) is 4.74 Å². The maximum absolute atomic E-state index is 13.8. The molecule has 6 nitrogen and oxygen atoms in total. The molecule has 110 valence electrons. The van der Waals surface area contributed by atoms with E-state index in [1.807, 2.05) is 0 Å². The SMILES string of the molecule is CCOC1CC(N)C1Nc1c([N+](=O)[O-])ccc(F)c1F. The van der Waals surface area contributed by atoms with Crippen LogP contribution in [-0.4, -0.2) is 29.7 Å². The van der Waals surface area contributed by atoms with E-state index in [1.54, 1.807) is 6.92 Å². The molecule has 20 heavy (non-hydrogen) atoms. The first-order chi connectivity index (χ1) is 9.45. The van der Waals surface area contributed by atoms with Gasteiger partial charge in [0, 0.05) is 18.7 Å². The monoisotopic (exact) mass is 287 g/mol. The van der Waals surface area contributed by atoms with Gasteiger partial charge in [-0.3, -0.25) is 10.1 Å². The Labute approximate surface area is 114 Å². The highest BCUT2D eigenvalue weighted by atomic mass is 19.2. The second-order valence-corrected chi connectivity index (χ2v) is 4.58. The Morgan fingerprint density at radius 1 is 1.55 bits per heavy atom. The summed E-state index contributed by atoms with van der Waals surface area (Å²) in [7, 11) is 0. The lowest BCUT2D eigenvalue weighted by Crippen LogP contribution is -2.60. The molecule has 2 rings (SSSR count). The van der Waals surface area contributed by atoms with Gasteiger partial charge in [-0.2, -0.15) is 0 Å². The van der Waals surface area contributed by atoms with Crippen molar-refractivity contribution >= 4 is 11.4 Å². The van der Waals surface area contributed by atoms with Crippen LogP contribution in [0.5, 0.6) is 0 Å². The fourth-order valence-corrected chi connectivity index (χ4v) is 2.22. The number of hydrogen-bond donors (Lipinski definition) is 2. The maximum atomic E-state index is 13.8. The minimum atomic E-state index is -1.28. The molecule has 3 atom stereocenters. The van der Waals surface area contributed by atoms with Crippen LogP contribution in [0.25, 0.3) is 0 Å². The van der Waals surface area contributed by atoms with Crippen molar-refractivity contribution in [3.63, 3.8) is 0 Å². The summed E-state index contributed by atoms with van der Waals surface area (Å²) >= 11 is 0. The summed E-state index contributed by atoms with van der Waals surface area (Å²) in [6, 6.07) is 0.832. The van der Waals surface area contributed by atoms with Crippen molar-refractivity contribution in [2.45, 2.75) is 31.5 Å². The molecule has 1 saturated carbocycles. The van der Waals surface area contributed by atoms with E-state index in [2.05, 4.69) is 5.32 Å². The van der Waals surface area contributed by atoms with Gasteiger partial charge in [0.15, 0.2) is 17.3 Å². The Bertz CT molecular complexity index is 525. The third-order valence-corrected chi connectivity index (χ3v) is 3.33. The van der Waals surface area contributed by atoms with E-state index in [0.717, 1.165) is 12.1 Å². The molecule has 1 aromatic carbocycles. The Balaban J connectivity index is 2.28. The molecule has 0 aromatic heterocycles. The number of nitro groups is 1. The quantitative estimate of drug-likeness (QED) is 0.636. The number of hydrogen-bond acceptors (Lipinski definition) is 5. The largest absolute Gasteiger partial charge is 0.376 e. The third kappa shape index (κ3) is 2.56. The summed E-state index contributed by atoms with van der Waals surface area (Å²) in [5.74, 6) is -2.44. The average molecular weight is 287 g/mol. The minimum absolute atomic E-state index is 0.266. The lowest BCUT2D eigenvalue weighted by Gasteiger charge is -2.42. The number of halogens is 2. The zero-order chi connectivity index (χ0) is 14.9. The van der Waals surface area contributed by atoms with E-state index in [4.69, 9.17) is 10.5 Å². The lowest BCUT2D eigenvalue weighted by atomic mass is 9.83. The zero-order valence-corrected chi connectivity index (χ0v) is 10.8. The molecule has 3 unspecified atom stereocenters. The van der Waals surface area contributed by atoms with E-state index in [9.17, 15) is 18.9 Å². The van der Waals surface area contributed by atoms with Crippen LogP contribution in [0.3, 0.4) is 0 Å². The summed E-state index contributed by atoms with van der Waals surface area (Å²) in [5.41, 5.74) is 4.76. The Morgan fingerprint density at radius 2 is 2.25 bits per heavy atom. The van der Waals surface area contributed by atoms with Gasteiger partial charge in [0.25, 0.3) is 5.69 Å². The fourth-order valence-electron chi connectivity index (χ4n) is 2.22. The topological polar surface area (TPSA) is 90.4 Å². The molecule has 8 heteroatoms. The molecule has 1 aliphatic rings. The first kappa shape index (κ1) is 14.6. The normalized spacial score (nSPS) is 25.1. The molecule has 1 aliphatic carbocycles. The summed E-state index contributed by atoms with van der Waals surface area (Å²) in [6.45, 7) is 2.25. The van der Waals surface area contributed by atoms with Crippen molar-refractivity contribution in [2.24, 2.45) is 5.73 Å². The number of nitrogens with zero attached hydrogens (tertiary/aromatic N) is 1. The highest BCUT2D eigenvalue weighted by molar-refractivity contribution is 5.63. The lowest BCUT2D eigenvalue weighted by molar-refractivity contribution is -0.384. The third-order valence-electron chi connectivity index (χ3n) is 3.33. The number of ether oxygens (including phenoxy) is 1. The highest BCUT2D eigenvalue weighted by Crippen LogP contribution is 2.33. The summed E-state index contributed by atoms with van der Waals surface area (Å²) in [5, 5.41) is 13.5. The zero-order valence-electron chi connectivity index (χ0n) is 10.8. The van der Waals surface area contributed by atoms with Crippen molar-refractivity contribution < 1.29 is 18.4 Å². The van der Waals surface area contributed by atoms with Crippen LogP contribution < -0.4 is 11.1 Å². The fraction of sp³-hybridized carbons (Fsp3) is 0.500. The number of nitrogens with one attached hydrogen (secondary N) is 1. The van der Waals surface area contributed by atoms with Crippen molar-refractivity contribution in [3.8, 4) is 0 Å². The van der Waals surface area contributed by atoms with Gasteiger partial charge in [0.2, 0.25) is 0 Å². The van der Waals surface area contributed by atoms with Crippen LogP contribution >= 0.6 is 0 Å². The second-order valence-electron chi connectivity index (χ2n) is 4.58. The van der Waals surface area contributed by atoms with Crippen molar-refractivity contribution in [2.75, 3.05) is 11.9 Å². The number of rotatable bonds is 5. The molecular weight excluding hydrogens is 272 g/mol. The average Bonchev–Trinajstić information content (AvgIpc) is 2.39. The maximum Gasteiger partial charge on any atom is 0.295 e. The van der Waals surface area contributed by atoms with Gasteiger partial charge in [-0.05, 0) is 19.4 Å². The summed E-state index contributed by atoms with van der Waals surface area (Å²) in [4.78, 5) is 10.1. The summed E-state index contributed by atoms with van der Waals surface area (Å²) < 4.78 is 32.4. The molecule has 1 fully saturated rings. The number of benzene rings is 1. The predicted molar refractivity (Wildman–Crippen MR) is 68.4 cm³/mol. The number of nitro benzene ring substituents is 1. The number of nitrogens with two attached hydrogens (primary N) is 1. The van der Waals surface area contributed by atoms with Crippen molar-refractivity contribution in [3.05, 3.63) is 33.9 Å². The van der Waals surface area contributed by atoms with Crippen molar-refractivity contribution in [1.29, 1.82) is 0 Å².